The number of likely N-dealkylation sites (tertiary alicyclic amines) is 1. The fraction of sp³-hybridized carbons (Fsp3) is 0.381. The number of methoxy groups -OCH3 is 2. The average molecular weight is 397 g/mol. The van der Waals surface area contributed by atoms with Gasteiger partial charge < -0.3 is 23.4 Å². The van der Waals surface area contributed by atoms with Crippen molar-refractivity contribution < 1.29 is 23.3 Å². The van der Waals surface area contributed by atoms with E-state index in [2.05, 4.69) is 10.3 Å². The van der Waals surface area contributed by atoms with Gasteiger partial charge in [-0.05, 0) is 44.9 Å². The maximum atomic E-state index is 13.2. The molecule has 1 aliphatic heterocycles. The molecule has 2 aromatic heterocycles. The molecule has 29 heavy (non-hydrogen) atoms. The summed E-state index contributed by atoms with van der Waals surface area (Å²) >= 11 is 0. The van der Waals surface area contributed by atoms with E-state index in [1.165, 1.54) is 0 Å². The van der Waals surface area contributed by atoms with Crippen LogP contribution in [0.25, 0.3) is 11.3 Å². The van der Waals surface area contributed by atoms with Crippen LogP contribution >= 0.6 is 0 Å². The van der Waals surface area contributed by atoms with Crippen LogP contribution in [-0.2, 0) is 0 Å². The SMILES string of the molecule is COc1ccc(-c2cc(C(=O)N3CCC[C@@H]3c3c(C)noc3C)no2)cc1OC. The van der Waals surface area contributed by atoms with Gasteiger partial charge in [-0.1, -0.05) is 10.3 Å². The molecule has 8 nitrogen and oxygen atoms in total. The van der Waals surface area contributed by atoms with E-state index in [0.29, 0.717) is 23.8 Å². The summed E-state index contributed by atoms with van der Waals surface area (Å²) in [6, 6.07) is 7.00. The van der Waals surface area contributed by atoms with Gasteiger partial charge in [0.15, 0.2) is 23.0 Å². The average Bonchev–Trinajstić information content (AvgIpc) is 3.47. The molecule has 3 aromatic rings. The lowest BCUT2D eigenvalue weighted by Gasteiger charge is -2.23. The lowest BCUT2D eigenvalue weighted by Crippen LogP contribution is -2.31. The van der Waals surface area contributed by atoms with E-state index in [-0.39, 0.29) is 17.6 Å². The van der Waals surface area contributed by atoms with Crippen LogP contribution in [0, 0.1) is 13.8 Å². The van der Waals surface area contributed by atoms with Gasteiger partial charge in [-0.3, -0.25) is 4.79 Å². The number of hydrogen-bond acceptors (Lipinski definition) is 7. The minimum Gasteiger partial charge on any atom is -0.493 e. The summed E-state index contributed by atoms with van der Waals surface area (Å²) in [7, 11) is 3.15. The smallest absolute Gasteiger partial charge is 0.276 e. The summed E-state index contributed by atoms with van der Waals surface area (Å²) in [5.74, 6) is 2.27. The van der Waals surface area contributed by atoms with Gasteiger partial charge in [-0.2, -0.15) is 0 Å². The third-order valence-electron chi connectivity index (χ3n) is 5.33. The highest BCUT2D eigenvalue weighted by Gasteiger charge is 2.35. The Morgan fingerprint density at radius 2 is 1.90 bits per heavy atom. The first-order chi connectivity index (χ1) is 14.0. The van der Waals surface area contributed by atoms with E-state index in [4.69, 9.17) is 18.5 Å². The Balaban J connectivity index is 1.60. The second kappa shape index (κ2) is 7.62. The monoisotopic (exact) mass is 397 g/mol. The Bertz CT molecular complexity index is 1020. The summed E-state index contributed by atoms with van der Waals surface area (Å²) < 4.78 is 21.3. The van der Waals surface area contributed by atoms with E-state index >= 15 is 0 Å². The molecule has 1 fully saturated rings. The fourth-order valence-corrected chi connectivity index (χ4v) is 3.92. The fourth-order valence-electron chi connectivity index (χ4n) is 3.92. The van der Waals surface area contributed by atoms with E-state index in [1.807, 2.05) is 24.8 Å². The predicted octanol–water partition coefficient (Wildman–Crippen LogP) is 3.94. The van der Waals surface area contributed by atoms with Crippen LogP contribution in [0.15, 0.2) is 33.3 Å². The van der Waals surface area contributed by atoms with Crippen molar-refractivity contribution in [3.8, 4) is 22.8 Å². The molecule has 1 aromatic carbocycles. The number of hydrogen-bond donors (Lipinski definition) is 0. The van der Waals surface area contributed by atoms with Crippen LogP contribution in [-0.4, -0.2) is 41.9 Å². The molecule has 1 amide bonds. The van der Waals surface area contributed by atoms with Crippen molar-refractivity contribution in [3.63, 3.8) is 0 Å². The Morgan fingerprint density at radius 3 is 2.59 bits per heavy atom. The lowest BCUT2D eigenvalue weighted by molar-refractivity contribution is 0.0724. The summed E-state index contributed by atoms with van der Waals surface area (Å²) in [6.45, 7) is 4.44. The second-order valence-corrected chi connectivity index (χ2v) is 7.04. The zero-order valence-corrected chi connectivity index (χ0v) is 16.9. The number of ether oxygens (including phenoxy) is 2. The first-order valence-corrected chi connectivity index (χ1v) is 9.46. The molecule has 3 heterocycles. The quantitative estimate of drug-likeness (QED) is 0.644. The minimum absolute atomic E-state index is 0.0602. The first kappa shape index (κ1) is 19.0. The number of benzene rings is 1. The number of amides is 1. The molecule has 1 atom stereocenters. The van der Waals surface area contributed by atoms with Crippen LogP contribution in [0.5, 0.6) is 11.5 Å². The molecule has 4 rings (SSSR count). The number of aromatic nitrogens is 2. The van der Waals surface area contributed by atoms with Gasteiger partial charge in [0.2, 0.25) is 0 Å². The molecule has 152 valence electrons. The molecular formula is C21H23N3O5. The van der Waals surface area contributed by atoms with Crippen LogP contribution < -0.4 is 9.47 Å². The Morgan fingerprint density at radius 1 is 1.10 bits per heavy atom. The molecule has 0 aliphatic carbocycles. The number of aryl methyl sites for hydroxylation is 2. The topological polar surface area (TPSA) is 90.8 Å². The Labute approximate surface area is 168 Å². The van der Waals surface area contributed by atoms with Crippen molar-refractivity contribution in [1.29, 1.82) is 0 Å². The number of carbonyl (C=O) groups is 1. The van der Waals surface area contributed by atoms with Crippen LogP contribution in [0.3, 0.4) is 0 Å². The largest absolute Gasteiger partial charge is 0.493 e. The van der Waals surface area contributed by atoms with Crippen LogP contribution in [0.2, 0.25) is 0 Å². The highest BCUT2D eigenvalue weighted by Crippen LogP contribution is 2.37. The standard InChI is InChI=1S/C21H23N3O5/c1-12-20(13(2)28-22-12)16-6-5-9-24(16)21(25)15-11-18(29-23-15)14-7-8-17(26-3)19(10-14)27-4/h7-8,10-11,16H,5-6,9H2,1-4H3/t16-/m1/s1. The van der Waals surface area contributed by atoms with Crippen LogP contribution in [0.4, 0.5) is 0 Å². The minimum atomic E-state index is -0.164. The molecule has 0 spiro atoms. The molecule has 0 bridgehead atoms. The highest BCUT2D eigenvalue weighted by molar-refractivity contribution is 5.93. The molecule has 0 unspecified atom stereocenters. The zero-order valence-electron chi connectivity index (χ0n) is 16.9. The Hall–Kier alpha value is -3.29. The molecule has 8 heteroatoms. The third-order valence-corrected chi connectivity index (χ3v) is 5.33. The van der Waals surface area contributed by atoms with E-state index in [0.717, 1.165) is 35.4 Å². The summed E-state index contributed by atoms with van der Waals surface area (Å²) in [6.07, 6.45) is 1.79. The molecule has 1 aliphatic rings. The zero-order chi connectivity index (χ0) is 20.5. The second-order valence-electron chi connectivity index (χ2n) is 7.04. The van der Waals surface area contributed by atoms with Gasteiger partial charge in [0.25, 0.3) is 5.91 Å². The lowest BCUT2D eigenvalue weighted by atomic mass is 10.0. The number of carbonyl (C=O) groups excluding carboxylic acids is 1. The van der Waals surface area contributed by atoms with Gasteiger partial charge in [0.1, 0.15) is 5.76 Å². The highest BCUT2D eigenvalue weighted by atomic mass is 16.5. The number of rotatable bonds is 5. The molecule has 0 N–H and O–H groups in total. The van der Waals surface area contributed by atoms with E-state index < -0.39 is 0 Å². The number of nitrogens with zero attached hydrogens (tertiary/aromatic N) is 3. The van der Waals surface area contributed by atoms with Gasteiger partial charge >= 0.3 is 0 Å². The summed E-state index contributed by atoms with van der Waals surface area (Å²) in [4.78, 5) is 15.0. The molecule has 0 saturated carbocycles. The van der Waals surface area contributed by atoms with Gasteiger partial charge in [-0.25, -0.2) is 0 Å². The van der Waals surface area contributed by atoms with Crippen molar-refractivity contribution in [2.75, 3.05) is 20.8 Å². The van der Waals surface area contributed by atoms with Gasteiger partial charge in [-0.15, -0.1) is 0 Å². The van der Waals surface area contributed by atoms with Crippen molar-refractivity contribution in [3.05, 3.63) is 47.0 Å². The molecule has 0 radical (unpaired) electrons. The van der Waals surface area contributed by atoms with Crippen molar-refractivity contribution in [2.24, 2.45) is 0 Å². The van der Waals surface area contributed by atoms with E-state index in [9.17, 15) is 4.79 Å². The summed E-state index contributed by atoms with van der Waals surface area (Å²) in [5.41, 5.74) is 2.82. The van der Waals surface area contributed by atoms with Crippen LogP contribution in [0.1, 0.15) is 46.4 Å². The molecular weight excluding hydrogens is 374 g/mol. The summed E-state index contributed by atoms with van der Waals surface area (Å²) in [5, 5.41) is 8.05. The van der Waals surface area contributed by atoms with Crippen molar-refractivity contribution in [2.45, 2.75) is 32.7 Å². The third kappa shape index (κ3) is 3.35. The maximum absolute atomic E-state index is 13.2. The predicted molar refractivity (Wildman–Crippen MR) is 104 cm³/mol. The van der Waals surface area contributed by atoms with E-state index in [1.54, 1.807) is 32.4 Å². The first-order valence-electron chi connectivity index (χ1n) is 9.46. The van der Waals surface area contributed by atoms with Crippen molar-refractivity contribution in [1.82, 2.24) is 15.2 Å². The normalized spacial score (nSPS) is 16.3. The van der Waals surface area contributed by atoms with Gasteiger partial charge in [0, 0.05) is 23.7 Å². The molecule has 1 saturated heterocycles. The Kier molecular flexibility index (Phi) is 5.00. The van der Waals surface area contributed by atoms with Crippen molar-refractivity contribution >= 4 is 5.91 Å². The van der Waals surface area contributed by atoms with Gasteiger partial charge in [0.05, 0.1) is 26.0 Å². The maximum Gasteiger partial charge on any atom is 0.276 e.